The fourth-order valence-electron chi connectivity index (χ4n) is 2.71. The van der Waals surface area contributed by atoms with Gasteiger partial charge in [0.05, 0.1) is 27.2 Å². The van der Waals surface area contributed by atoms with Gasteiger partial charge in [-0.05, 0) is 25.1 Å². The highest BCUT2D eigenvalue weighted by Gasteiger charge is 2.17. The number of aryl methyl sites for hydroxylation is 1. The van der Waals surface area contributed by atoms with Gasteiger partial charge >= 0.3 is 5.97 Å². The van der Waals surface area contributed by atoms with Gasteiger partial charge in [0.15, 0.2) is 6.61 Å². The largest absolute Gasteiger partial charge is 0.497 e. The molecule has 0 aliphatic heterocycles. The summed E-state index contributed by atoms with van der Waals surface area (Å²) in [5.41, 5.74) is 2.22. The van der Waals surface area contributed by atoms with Crippen LogP contribution in [0.4, 0.5) is 5.69 Å². The van der Waals surface area contributed by atoms with Crippen LogP contribution in [0.1, 0.15) is 11.1 Å². The zero-order chi connectivity index (χ0) is 22.1. The van der Waals surface area contributed by atoms with Gasteiger partial charge in [-0.2, -0.15) is 0 Å². The SMILES string of the molecule is COc1cccc(NC(=O)CN(C)C(=O)COC(=O)Cc2cc(C)ccc2OC)c1. The van der Waals surface area contributed by atoms with Crippen molar-refractivity contribution < 1.29 is 28.6 Å². The van der Waals surface area contributed by atoms with Crippen LogP contribution in [0.15, 0.2) is 42.5 Å². The number of amides is 2. The number of ether oxygens (including phenoxy) is 3. The smallest absolute Gasteiger partial charge is 0.310 e. The van der Waals surface area contributed by atoms with Gasteiger partial charge in [0.2, 0.25) is 5.91 Å². The molecule has 0 atom stereocenters. The summed E-state index contributed by atoms with van der Waals surface area (Å²) in [5.74, 6) is -0.235. The minimum atomic E-state index is -0.554. The number of carbonyl (C=O) groups is 3. The quantitative estimate of drug-likeness (QED) is 0.632. The van der Waals surface area contributed by atoms with Crippen molar-refractivity contribution in [3.05, 3.63) is 53.6 Å². The Morgan fingerprint density at radius 3 is 2.50 bits per heavy atom. The summed E-state index contributed by atoms with van der Waals surface area (Å²) in [6.45, 7) is 1.28. The number of nitrogens with one attached hydrogen (secondary N) is 1. The number of esters is 1. The van der Waals surface area contributed by atoms with Crippen LogP contribution in [-0.2, 0) is 25.5 Å². The van der Waals surface area contributed by atoms with E-state index in [-0.39, 0.29) is 18.9 Å². The maximum Gasteiger partial charge on any atom is 0.310 e. The Labute approximate surface area is 175 Å². The molecule has 8 nitrogen and oxygen atoms in total. The second kappa shape index (κ2) is 10.8. The van der Waals surface area contributed by atoms with Crippen LogP contribution in [0.5, 0.6) is 11.5 Å². The molecule has 0 radical (unpaired) electrons. The van der Waals surface area contributed by atoms with E-state index in [4.69, 9.17) is 14.2 Å². The highest BCUT2D eigenvalue weighted by atomic mass is 16.5. The van der Waals surface area contributed by atoms with Crippen molar-refractivity contribution >= 4 is 23.5 Å². The minimum Gasteiger partial charge on any atom is -0.497 e. The number of rotatable bonds is 9. The molecular formula is C22H26N2O6. The van der Waals surface area contributed by atoms with Crippen molar-refractivity contribution in [2.45, 2.75) is 13.3 Å². The van der Waals surface area contributed by atoms with Gasteiger partial charge in [-0.1, -0.05) is 23.8 Å². The first-order valence-corrected chi connectivity index (χ1v) is 9.29. The Balaban J connectivity index is 1.81. The molecule has 2 aromatic carbocycles. The average molecular weight is 414 g/mol. The Kier molecular flexibility index (Phi) is 8.22. The third-order valence-electron chi connectivity index (χ3n) is 4.29. The van der Waals surface area contributed by atoms with E-state index in [1.807, 2.05) is 19.1 Å². The summed E-state index contributed by atoms with van der Waals surface area (Å²) < 4.78 is 15.4. The van der Waals surface area contributed by atoms with Gasteiger partial charge < -0.3 is 24.4 Å². The van der Waals surface area contributed by atoms with Crippen molar-refractivity contribution in [3.8, 4) is 11.5 Å². The molecule has 0 unspecified atom stereocenters. The zero-order valence-corrected chi connectivity index (χ0v) is 17.6. The lowest BCUT2D eigenvalue weighted by molar-refractivity contribution is -0.151. The lowest BCUT2D eigenvalue weighted by Crippen LogP contribution is -2.37. The van der Waals surface area contributed by atoms with Crippen molar-refractivity contribution in [1.29, 1.82) is 0 Å². The zero-order valence-electron chi connectivity index (χ0n) is 17.6. The molecule has 0 bridgehead atoms. The molecule has 2 amide bonds. The fourth-order valence-corrected chi connectivity index (χ4v) is 2.71. The molecule has 0 aliphatic rings. The summed E-state index contributed by atoms with van der Waals surface area (Å²) in [5, 5.41) is 2.68. The van der Waals surface area contributed by atoms with Crippen LogP contribution >= 0.6 is 0 Å². The van der Waals surface area contributed by atoms with E-state index >= 15 is 0 Å². The van der Waals surface area contributed by atoms with Gasteiger partial charge in [-0.3, -0.25) is 14.4 Å². The average Bonchev–Trinajstić information content (AvgIpc) is 2.72. The molecule has 0 aromatic heterocycles. The summed E-state index contributed by atoms with van der Waals surface area (Å²) >= 11 is 0. The van der Waals surface area contributed by atoms with Crippen molar-refractivity contribution in [2.75, 3.05) is 39.7 Å². The molecule has 8 heteroatoms. The van der Waals surface area contributed by atoms with Gasteiger partial charge in [-0.15, -0.1) is 0 Å². The lowest BCUT2D eigenvalue weighted by atomic mass is 10.1. The highest BCUT2D eigenvalue weighted by molar-refractivity contribution is 5.95. The predicted molar refractivity (Wildman–Crippen MR) is 112 cm³/mol. The standard InChI is InChI=1S/C22H26N2O6/c1-15-8-9-19(29-4)16(10-15)11-22(27)30-14-21(26)24(2)13-20(25)23-17-6-5-7-18(12-17)28-3/h5-10,12H,11,13-14H2,1-4H3,(H,23,25). The number of benzene rings is 2. The van der Waals surface area contributed by atoms with E-state index in [1.54, 1.807) is 30.3 Å². The summed E-state index contributed by atoms with van der Waals surface area (Å²) in [6.07, 6.45) is -0.0157. The van der Waals surface area contributed by atoms with E-state index in [0.717, 1.165) is 5.56 Å². The minimum absolute atomic E-state index is 0.0157. The van der Waals surface area contributed by atoms with Gasteiger partial charge in [0.25, 0.3) is 5.91 Å². The topological polar surface area (TPSA) is 94.2 Å². The van der Waals surface area contributed by atoms with E-state index in [1.165, 1.54) is 26.2 Å². The Bertz CT molecular complexity index is 912. The van der Waals surface area contributed by atoms with Crippen molar-refractivity contribution in [3.63, 3.8) is 0 Å². The first-order valence-electron chi connectivity index (χ1n) is 9.29. The number of nitrogens with zero attached hydrogens (tertiary/aromatic N) is 1. The van der Waals surface area contributed by atoms with Gasteiger partial charge in [0, 0.05) is 24.4 Å². The summed E-state index contributed by atoms with van der Waals surface area (Å²) in [7, 11) is 4.52. The van der Waals surface area contributed by atoms with E-state index < -0.39 is 18.5 Å². The van der Waals surface area contributed by atoms with E-state index in [2.05, 4.69) is 5.32 Å². The maximum absolute atomic E-state index is 12.2. The lowest BCUT2D eigenvalue weighted by Gasteiger charge is -2.17. The Morgan fingerprint density at radius 2 is 1.80 bits per heavy atom. The molecule has 30 heavy (non-hydrogen) atoms. The van der Waals surface area contributed by atoms with Crippen molar-refractivity contribution in [1.82, 2.24) is 4.90 Å². The van der Waals surface area contributed by atoms with Crippen LogP contribution in [0.25, 0.3) is 0 Å². The highest BCUT2D eigenvalue weighted by Crippen LogP contribution is 2.20. The van der Waals surface area contributed by atoms with Crippen LogP contribution in [0.2, 0.25) is 0 Å². The predicted octanol–water partition coefficient (Wildman–Crippen LogP) is 2.20. The van der Waals surface area contributed by atoms with Crippen LogP contribution in [-0.4, -0.2) is 57.1 Å². The molecule has 1 N–H and O–H groups in total. The third kappa shape index (κ3) is 6.80. The Morgan fingerprint density at radius 1 is 1.03 bits per heavy atom. The summed E-state index contributed by atoms with van der Waals surface area (Å²) in [4.78, 5) is 37.6. The monoisotopic (exact) mass is 414 g/mol. The van der Waals surface area contributed by atoms with Crippen LogP contribution in [0, 0.1) is 6.92 Å². The van der Waals surface area contributed by atoms with E-state index in [0.29, 0.717) is 22.7 Å². The fraction of sp³-hybridized carbons (Fsp3) is 0.318. The molecule has 0 saturated heterocycles. The number of likely N-dealkylation sites (N-methyl/N-ethyl adjacent to an activating group) is 1. The van der Waals surface area contributed by atoms with Crippen LogP contribution in [0.3, 0.4) is 0 Å². The number of hydrogen-bond acceptors (Lipinski definition) is 6. The number of anilines is 1. The maximum atomic E-state index is 12.2. The molecule has 0 heterocycles. The number of hydrogen-bond donors (Lipinski definition) is 1. The first kappa shape index (κ1) is 22.7. The molecule has 2 aromatic rings. The van der Waals surface area contributed by atoms with Gasteiger partial charge in [0.1, 0.15) is 11.5 Å². The molecule has 0 spiro atoms. The summed E-state index contributed by atoms with van der Waals surface area (Å²) in [6, 6.07) is 12.4. The molecule has 0 saturated carbocycles. The Hall–Kier alpha value is -3.55. The third-order valence-corrected chi connectivity index (χ3v) is 4.29. The number of carbonyl (C=O) groups excluding carboxylic acids is 3. The van der Waals surface area contributed by atoms with E-state index in [9.17, 15) is 14.4 Å². The number of methoxy groups -OCH3 is 2. The molecule has 160 valence electrons. The molecule has 2 rings (SSSR count). The van der Waals surface area contributed by atoms with Crippen molar-refractivity contribution in [2.24, 2.45) is 0 Å². The van der Waals surface area contributed by atoms with Crippen LogP contribution < -0.4 is 14.8 Å². The molecule has 0 fully saturated rings. The second-order valence-corrected chi connectivity index (χ2v) is 6.68. The second-order valence-electron chi connectivity index (χ2n) is 6.68. The van der Waals surface area contributed by atoms with Gasteiger partial charge in [-0.25, -0.2) is 0 Å². The normalized spacial score (nSPS) is 10.1. The molecule has 0 aliphatic carbocycles. The molecular weight excluding hydrogens is 388 g/mol. The first-order chi connectivity index (χ1) is 14.3.